The number of fused-ring (bicyclic) bond motifs is 3. The van der Waals surface area contributed by atoms with Crippen LogP contribution in [0.3, 0.4) is 0 Å². The number of hydrogen-bond donors (Lipinski definition) is 2. The molecule has 3 aromatic rings. The van der Waals surface area contributed by atoms with E-state index in [1.807, 2.05) is 26.0 Å². The van der Waals surface area contributed by atoms with Gasteiger partial charge in [0.05, 0.1) is 38.1 Å². The van der Waals surface area contributed by atoms with Crippen molar-refractivity contribution in [3.63, 3.8) is 0 Å². The summed E-state index contributed by atoms with van der Waals surface area (Å²) in [5, 5.41) is 21.3. The Balaban J connectivity index is 2.10. The van der Waals surface area contributed by atoms with Crippen molar-refractivity contribution in [2.75, 3.05) is 21.3 Å². The van der Waals surface area contributed by atoms with Crippen LogP contribution < -0.4 is 24.4 Å². The van der Waals surface area contributed by atoms with Gasteiger partial charge in [-0.05, 0) is 58.8 Å². The number of benzene rings is 2. The summed E-state index contributed by atoms with van der Waals surface area (Å²) >= 11 is 0. The van der Waals surface area contributed by atoms with Crippen LogP contribution in [-0.4, -0.2) is 42.7 Å². The minimum atomic E-state index is -1.03. The van der Waals surface area contributed by atoms with E-state index in [2.05, 4.69) is 0 Å². The van der Waals surface area contributed by atoms with E-state index >= 15 is 0 Å². The fourth-order valence-corrected chi connectivity index (χ4v) is 4.31. The van der Waals surface area contributed by atoms with Gasteiger partial charge in [-0.2, -0.15) is 0 Å². The highest BCUT2D eigenvalue weighted by Crippen LogP contribution is 2.45. The molecule has 4 rings (SSSR count). The second-order valence-electron chi connectivity index (χ2n) is 10.0. The monoisotopic (exact) mass is 496 g/mol. The second-order valence-corrected chi connectivity index (χ2v) is 10.0. The average molecular weight is 497 g/mol. The van der Waals surface area contributed by atoms with E-state index in [9.17, 15) is 15.0 Å². The van der Waals surface area contributed by atoms with Crippen molar-refractivity contribution in [1.82, 2.24) is 0 Å². The van der Waals surface area contributed by atoms with Crippen molar-refractivity contribution in [1.29, 1.82) is 0 Å². The van der Waals surface area contributed by atoms with Crippen LogP contribution in [0.4, 0.5) is 0 Å². The topological polar surface area (TPSA) is 108 Å². The van der Waals surface area contributed by atoms with Crippen LogP contribution in [0.25, 0.3) is 28.4 Å². The maximum absolute atomic E-state index is 13.9. The highest BCUT2D eigenvalue weighted by Gasteiger charge is 2.29. The molecule has 0 amide bonds. The van der Waals surface area contributed by atoms with Crippen LogP contribution in [0.1, 0.15) is 45.2 Å². The first-order valence-electron chi connectivity index (χ1n) is 11.7. The molecule has 0 fully saturated rings. The van der Waals surface area contributed by atoms with E-state index < -0.39 is 16.6 Å². The van der Waals surface area contributed by atoms with Crippen molar-refractivity contribution in [3.8, 4) is 40.1 Å². The molecule has 192 valence electrons. The summed E-state index contributed by atoms with van der Waals surface area (Å²) in [5.41, 5.74) is -0.500. The number of phenolic OH excluding ortho intramolecular Hbond substituents is 1. The second kappa shape index (κ2) is 9.09. The summed E-state index contributed by atoms with van der Waals surface area (Å²) in [7, 11) is 4.54. The van der Waals surface area contributed by atoms with E-state index in [-0.39, 0.29) is 35.3 Å². The van der Waals surface area contributed by atoms with Gasteiger partial charge in [0.1, 0.15) is 34.0 Å². The molecule has 36 heavy (non-hydrogen) atoms. The zero-order chi connectivity index (χ0) is 26.4. The molecule has 1 aromatic heterocycles. The first kappa shape index (κ1) is 25.4. The van der Waals surface area contributed by atoms with Gasteiger partial charge in [-0.3, -0.25) is 4.79 Å². The molecule has 0 saturated heterocycles. The number of methoxy groups -OCH3 is 3. The standard InChI is InChI=1S/C28H32O8/c1-27(2,31)10-8-16-24(30)23-18(29)13-20-15(9-11-28(3,4)36-20)26(23)35-25(16)17-12-21(33-6)22(34-7)14-19(17)32-5/h9,11-14,29,31H,8,10H2,1-7H3. The van der Waals surface area contributed by atoms with E-state index in [1.165, 1.54) is 27.4 Å². The Morgan fingerprint density at radius 1 is 1.00 bits per heavy atom. The maximum Gasteiger partial charge on any atom is 0.200 e. The molecule has 0 atom stereocenters. The summed E-state index contributed by atoms with van der Waals surface area (Å²) < 4.78 is 29.0. The number of ether oxygens (including phenoxy) is 4. The van der Waals surface area contributed by atoms with E-state index in [0.717, 1.165) is 0 Å². The Bertz CT molecular complexity index is 1410. The maximum atomic E-state index is 13.9. The largest absolute Gasteiger partial charge is 0.507 e. The molecule has 2 N–H and O–H groups in total. The lowest BCUT2D eigenvalue weighted by Crippen LogP contribution is -2.27. The lowest BCUT2D eigenvalue weighted by Gasteiger charge is -2.28. The van der Waals surface area contributed by atoms with Gasteiger partial charge >= 0.3 is 0 Å². The minimum Gasteiger partial charge on any atom is -0.507 e. The molecule has 0 aliphatic carbocycles. The van der Waals surface area contributed by atoms with Gasteiger partial charge in [0.15, 0.2) is 22.5 Å². The van der Waals surface area contributed by atoms with Gasteiger partial charge < -0.3 is 33.6 Å². The van der Waals surface area contributed by atoms with Crippen LogP contribution in [-0.2, 0) is 6.42 Å². The molecule has 1 aliphatic rings. The normalized spacial score (nSPS) is 14.3. The highest BCUT2D eigenvalue weighted by molar-refractivity contribution is 5.95. The Kier molecular flexibility index (Phi) is 6.43. The molecular weight excluding hydrogens is 464 g/mol. The third kappa shape index (κ3) is 4.60. The van der Waals surface area contributed by atoms with Crippen molar-refractivity contribution in [2.45, 2.75) is 51.7 Å². The van der Waals surface area contributed by atoms with Crippen molar-refractivity contribution < 1.29 is 33.6 Å². The molecule has 0 saturated carbocycles. The zero-order valence-electron chi connectivity index (χ0n) is 21.6. The Morgan fingerprint density at radius 2 is 1.64 bits per heavy atom. The first-order valence-corrected chi connectivity index (χ1v) is 11.7. The highest BCUT2D eigenvalue weighted by atomic mass is 16.5. The van der Waals surface area contributed by atoms with Crippen LogP contribution in [0.5, 0.6) is 28.7 Å². The van der Waals surface area contributed by atoms with Crippen LogP contribution in [0.15, 0.2) is 33.5 Å². The predicted molar refractivity (Wildman–Crippen MR) is 138 cm³/mol. The van der Waals surface area contributed by atoms with E-state index in [4.69, 9.17) is 23.4 Å². The number of phenols is 1. The zero-order valence-corrected chi connectivity index (χ0v) is 21.6. The molecule has 2 aromatic carbocycles. The van der Waals surface area contributed by atoms with Crippen LogP contribution >= 0.6 is 0 Å². The number of aromatic hydroxyl groups is 1. The average Bonchev–Trinajstić information content (AvgIpc) is 2.80. The quantitative estimate of drug-likeness (QED) is 0.466. The minimum absolute atomic E-state index is 0.0515. The molecular formula is C28H32O8. The number of hydrogen-bond acceptors (Lipinski definition) is 8. The van der Waals surface area contributed by atoms with Crippen molar-refractivity contribution >= 4 is 17.0 Å². The predicted octanol–water partition coefficient (Wildman–Crippen LogP) is 5.08. The molecule has 1 aliphatic heterocycles. The summed E-state index contributed by atoms with van der Waals surface area (Å²) in [5.74, 6) is 1.70. The first-order chi connectivity index (χ1) is 16.9. The Hall–Kier alpha value is -3.65. The third-order valence-corrected chi connectivity index (χ3v) is 6.20. The summed E-state index contributed by atoms with van der Waals surface area (Å²) in [6.45, 7) is 7.13. The summed E-state index contributed by atoms with van der Waals surface area (Å²) in [4.78, 5) is 13.9. The Labute approximate surface area is 209 Å². The van der Waals surface area contributed by atoms with Crippen LogP contribution in [0, 0.1) is 0 Å². The van der Waals surface area contributed by atoms with Gasteiger partial charge in [-0.25, -0.2) is 0 Å². The van der Waals surface area contributed by atoms with E-state index in [0.29, 0.717) is 39.7 Å². The molecule has 8 heteroatoms. The fourth-order valence-electron chi connectivity index (χ4n) is 4.31. The molecule has 0 bridgehead atoms. The molecule has 0 spiro atoms. The molecule has 8 nitrogen and oxygen atoms in total. The summed E-state index contributed by atoms with van der Waals surface area (Å²) in [6, 6.07) is 4.78. The Morgan fingerprint density at radius 3 is 2.25 bits per heavy atom. The molecule has 0 unspecified atom stereocenters. The van der Waals surface area contributed by atoms with Gasteiger partial charge in [0, 0.05) is 17.7 Å². The van der Waals surface area contributed by atoms with Gasteiger partial charge in [0.2, 0.25) is 0 Å². The van der Waals surface area contributed by atoms with Crippen LogP contribution in [0.2, 0.25) is 0 Å². The van der Waals surface area contributed by atoms with E-state index in [1.54, 1.807) is 26.0 Å². The molecule has 2 heterocycles. The lowest BCUT2D eigenvalue weighted by molar-refractivity contribution is 0.0713. The number of aliphatic hydroxyl groups is 1. The molecule has 0 radical (unpaired) electrons. The lowest BCUT2D eigenvalue weighted by atomic mass is 9.93. The van der Waals surface area contributed by atoms with Gasteiger partial charge in [0.25, 0.3) is 0 Å². The summed E-state index contributed by atoms with van der Waals surface area (Å²) in [6.07, 6.45) is 4.18. The van der Waals surface area contributed by atoms with Gasteiger partial charge in [-0.15, -0.1) is 0 Å². The number of rotatable bonds is 7. The van der Waals surface area contributed by atoms with Crippen molar-refractivity contribution in [2.24, 2.45) is 0 Å². The fraction of sp³-hybridized carbons (Fsp3) is 0.393. The van der Waals surface area contributed by atoms with Crippen molar-refractivity contribution in [3.05, 3.63) is 45.6 Å². The van der Waals surface area contributed by atoms with Gasteiger partial charge in [-0.1, -0.05) is 0 Å². The SMILES string of the molecule is COc1cc(OC)c(-c2oc3c4c(cc(O)c3c(=O)c2CCC(C)(C)O)OC(C)(C)C=C4)cc1OC. The third-order valence-electron chi connectivity index (χ3n) is 6.20. The smallest absolute Gasteiger partial charge is 0.200 e.